The smallest absolute Gasteiger partial charge is 0.311 e. The predicted octanol–water partition coefficient (Wildman–Crippen LogP) is -0.260. The summed E-state index contributed by atoms with van der Waals surface area (Å²) in [7, 11) is 0. The molecule has 0 aliphatic carbocycles. The number of nitrogens with two attached hydrogens (primary N) is 1. The van der Waals surface area contributed by atoms with E-state index in [1.54, 1.807) is 6.92 Å². The van der Waals surface area contributed by atoms with Crippen LogP contribution in [0.15, 0.2) is 0 Å². The summed E-state index contributed by atoms with van der Waals surface area (Å²) in [6.45, 7) is 4.46. The van der Waals surface area contributed by atoms with Gasteiger partial charge in [-0.1, -0.05) is 0 Å². The average molecular weight is 184 g/mol. The van der Waals surface area contributed by atoms with Gasteiger partial charge >= 0.3 is 5.97 Å². The first-order valence-corrected chi connectivity index (χ1v) is 4.76. The van der Waals surface area contributed by atoms with E-state index in [0.29, 0.717) is 0 Å². The van der Waals surface area contributed by atoms with Crippen molar-refractivity contribution in [2.75, 3.05) is 19.6 Å². The molecule has 74 valence electrons. The molecule has 2 aliphatic heterocycles. The van der Waals surface area contributed by atoms with Crippen molar-refractivity contribution in [1.82, 2.24) is 4.90 Å². The van der Waals surface area contributed by atoms with Gasteiger partial charge < -0.3 is 15.7 Å². The van der Waals surface area contributed by atoms with Gasteiger partial charge in [0.25, 0.3) is 0 Å². The second-order valence-electron chi connectivity index (χ2n) is 4.44. The number of hydrogen-bond donors (Lipinski definition) is 2. The van der Waals surface area contributed by atoms with Gasteiger partial charge in [0.15, 0.2) is 0 Å². The van der Waals surface area contributed by atoms with Crippen LogP contribution in [0.5, 0.6) is 0 Å². The summed E-state index contributed by atoms with van der Waals surface area (Å²) in [5, 5.41) is 9.19. The van der Waals surface area contributed by atoms with Crippen LogP contribution in [0.1, 0.15) is 13.3 Å². The molecule has 4 atom stereocenters. The predicted molar refractivity (Wildman–Crippen MR) is 48.3 cm³/mol. The van der Waals surface area contributed by atoms with Crippen LogP contribution in [-0.2, 0) is 4.79 Å². The lowest BCUT2D eigenvalue weighted by Crippen LogP contribution is -2.58. The van der Waals surface area contributed by atoms with Crippen molar-refractivity contribution in [2.24, 2.45) is 17.1 Å². The fourth-order valence-electron chi connectivity index (χ4n) is 2.59. The van der Waals surface area contributed by atoms with Crippen molar-refractivity contribution in [3.05, 3.63) is 0 Å². The molecule has 2 heterocycles. The molecular weight excluding hydrogens is 168 g/mol. The summed E-state index contributed by atoms with van der Waals surface area (Å²) in [6.07, 6.45) is 0.983. The van der Waals surface area contributed by atoms with Gasteiger partial charge in [0, 0.05) is 19.1 Å². The Morgan fingerprint density at radius 1 is 1.62 bits per heavy atom. The number of hydrogen-bond acceptors (Lipinski definition) is 3. The molecule has 3 N–H and O–H groups in total. The van der Waals surface area contributed by atoms with Gasteiger partial charge in [-0.05, 0) is 25.8 Å². The Hall–Kier alpha value is -0.610. The lowest BCUT2D eigenvalue weighted by molar-refractivity contribution is -0.154. The number of carbonyl (C=O) groups is 1. The van der Waals surface area contributed by atoms with E-state index in [2.05, 4.69) is 4.90 Å². The van der Waals surface area contributed by atoms with Gasteiger partial charge in [-0.3, -0.25) is 4.79 Å². The van der Waals surface area contributed by atoms with Gasteiger partial charge in [0.05, 0.1) is 5.41 Å². The molecule has 0 radical (unpaired) electrons. The molecular formula is C9H16N2O2. The Balaban J connectivity index is 2.29. The number of carboxylic acid groups (broad SMARTS) is 1. The van der Waals surface area contributed by atoms with Crippen LogP contribution in [0.25, 0.3) is 0 Å². The second kappa shape index (κ2) is 2.69. The molecule has 2 aliphatic rings. The summed E-state index contributed by atoms with van der Waals surface area (Å²) >= 11 is 0. The minimum atomic E-state index is -0.730. The zero-order valence-electron chi connectivity index (χ0n) is 7.86. The normalized spacial score (nSPS) is 49.2. The van der Waals surface area contributed by atoms with Crippen molar-refractivity contribution >= 4 is 5.97 Å². The maximum absolute atomic E-state index is 11.2. The second-order valence-corrected chi connectivity index (χ2v) is 4.44. The van der Waals surface area contributed by atoms with Crippen molar-refractivity contribution in [1.29, 1.82) is 0 Å². The third-order valence-electron chi connectivity index (χ3n) is 3.81. The van der Waals surface area contributed by atoms with E-state index in [0.717, 1.165) is 26.1 Å². The Labute approximate surface area is 77.7 Å². The highest BCUT2D eigenvalue weighted by Crippen LogP contribution is 2.41. The highest BCUT2D eigenvalue weighted by atomic mass is 16.4. The third kappa shape index (κ3) is 1.09. The van der Waals surface area contributed by atoms with Crippen molar-refractivity contribution < 1.29 is 9.90 Å². The van der Waals surface area contributed by atoms with E-state index in [1.165, 1.54) is 0 Å². The largest absolute Gasteiger partial charge is 0.481 e. The van der Waals surface area contributed by atoms with Gasteiger partial charge in [-0.25, -0.2) is 0 Å². The van der Waals surface area contributed by atoms with Crippen LogP contribution in [-0.4, -0.2) is 41.7 Å². The minimum absolute atomic E-state index is 0.216. The van der Waals surface area contributed by atoms with Crippen molar-refractivity contribution in [2.45, 2.75) is 19.4 Å². The zero-order chi connectivity index (χ0) is 9.64. The molecule has 2 fully saturated rings. The summed E-state index contributed by atoms with van der Waals surface area (Å²) in [5.74, 6) is -0.486. The molecule has 0 spiro atoms. The van der Waals surface area contributed by atoms with Crippen LogP contribution < -0.4 is 5.73 Å². The van der Waals surface area contributed by atoms with E-state index < -0.39 is 11.4 Å². The molecule has 2 saturated heterocycles. The van der Waals surface area contributed by atoms with Crippen LogP contribution in [0.4, 0.5) is 0 Å². The van der Waals surface area contributed by atoms with Crippen LogP contribution in [0, 0.1) is 11.3 Å². The molecule has 0 aromatic heterocycles. The van der Waals surface area contributed by atoms with Crippen LogP contribution in [0.3, 0.4) is 0 Å². The number of rotatable bonds is 1. The average Bonchev–Trinajstić information content (AvgIpc) is 2.46. The van der Waals surface area contributed by atoms with Gasteiger partial charge in [-0.2, -0.15) is 0 Å². The summed E-state index contributed by atoms with van der Waals surface area (Å²) in [6, 6.07) is -0.216. The van der Waals surface area contributed by atoms with Crippen molar-refractivity contribution in [3.63, 3.8) is 0 Å². The summed E-state index contributed by atoms with van der Waals surface area (Å²) in [4.78, 5) is 13.4. The Kier molecular flexibility index (Phi) is 1.85. The highest BCUT2D eigenvalue weighted by molar-refractivity contribution is 5.76. The SMILES string of the molecule is CC1(C(=O)O)C(N)CN2CCC1C2. The molecule has 2 rings (SSSR count). The molecule has 4 heteroatoms. The van der Waals surface area contributed by atoms with Gasteiger partial charge in [0.2, 0.25) is 0 Å². The van der Waals surface area contributed by atoms with E-state index in [4.69, 9.17) is 5.73 Å². The van der Waals surface area contributed by atoms with Crippen LogP contribution in [0.2, 0.25) is 0 Å². The molecule has 0 saturated carbocycles. The number of carboxylic acids is 1. The lowest BCUT2D eigenvalue weighted by atomic mass is 9.70. The van der Waals surface area contributed by atoms with Crippen LogP contribution >= 0.6 is 0 Å². The Bertz CT molecular complexity index is 244. The van der Waals surface area contributed by atoms with Gasteiger partial charge in [0.1, 0.15) is 0 Å². The molecule has 0 aromatic rings. The van der Waals surface area contributed by atoms with E-state index in [1.807, 2.05) is 0 Å². The topological polar surface area (TPSA) is 66.6 Å². The number of aliphatic carboxylic acids is 1. The molecule has 2 bridgehead atoms. The quantitative estimate of drug-likeness (QED) is 0.589. The maximum Gasteiger partial charge on any atom is 0.311 e. The van der Waals surface area contributed by atoms with Gasteiger partial charge in [-0.15, -0.1) is 0 Å². The fraction of sp³-hybridized carbons (Fsp3) is 0.889. The Morgan fingerprint density at radius 3 is 2.92 bits per heavy atom. The summed E-state index contributed by atoms with van der Waals surface area (Å²) < 4.78 is 0. The minimum Gasteiger partial charge on any atom is -0.481 e. The number of fused-ring (bicyclic) bond motifs is 2. The van der Waals surface area contributed by atoms with E-state index >= 15 is 0 Å². The number of nitrogens with zero attached hydrogens (tertiary/aromatic N) is 1. The maximum atomic E-state index is 11.2. The first kappa shape index (κ1) is 8.97. The zero-order valence-corrected chi connectivity index (χ0v) is 7.86. The fourth-order valence-corrected chi connectivity index (χ4v) is 2.59. The first-order valence-electron chi connectivity index (χ1n) is 4.76. The van der Waals surface area contributed by atoms with E-state index in [9.17, 15) is 9.90 Å². The third-order valence-corrected chi connectivity index (χ3v) is 3.81. The molecule has 4 nitrogen and oxygen atoms in total. The summed E-state index contributed by atoms with van der Waals surface area (Å²) in [5.41, 5.74) is 5.21. The van der Waals surface area contributed by atoms with Crippen molar-refractivity contribution in [3.8, 4) is 0 Å². The molecule has 4 unspecified atom stereocenters. The lowest BCUT2D eigenvalue weighted by Gasteiger charge is -2.41. The first-order chi connectivity index (χ1) is 6.05. The molecule has 0 aromatic carbocycles. The monoisotopic (exact) mass is 184 g/mol. The Morgan fingerprint density at radius 2 is 2.31 bits per heavy atom. The highest BCUT2D eigenvalue weighted by Gasteiger charge is 2.52. The molecule has 13 heavy (non-hydrogen) atoms. The van der Waals surface area contributed by atoms with E-state index in [-0.39, 0.29) is 12.0 Å². The standard InChI is InChI=1S/C9H16N2O2/c1-9(8(12)13)6-2-3-11(4-6)5-7(9)10/h6-7H,2-5,10H2,1H3,(H,12,13). The number of piperidine rings is 1. The molecule has 0 amide bonds.